The van der Waals surface area contributed by atoms with Crippen LogP contribution in [0.1, 0.15) is 35.7 Å². The molecule has 4 rings (SSSR count). The van der Waals surface area contributed by atoms with Crippen molar-refractivity contribution in [2.75, 3.05) is 18.4 Å². The number of fused-ring (bicyclic) bond motifs is 1. The SMILES string of the molecule is C=Cc1nc(CCNCCc2nc3c(NCc4ncccc4F)nc(Cl)nc3o2)[nH]c1/C=C\C. The molecule has 4 heterocycles. The number of allylic oxidation sites excluding steroid dienone is 1. The number of nitrogens with one attached hydrogen (secondary N) is 3. The zero-order valence-corrected chi connectivity index (χ0v) is 19.4. The summed E-state index contributed by atoms with van der Waals surface area (Å²) in [6, 6.07) is 2.88. The number of oxazole rings is 1. The number of pyridine rings is 1. The highest BCUT2D eigenvalue weighted by atomic mass is 35.5. The molecule has 4 aromatic heterocycles. The molecule has 176 valence electrons. The molecule has 11 heteroatoms. The minimum Gasteiger partial charge on any atom is -0.422 e. The van der Waals surface area contributed by atoms with Crippen molar-refractivity contribution in [2.45, 2.75) is 26.3 Å². The van der Waals surface area contributed by atoms with E-state index < -0.39 is 5.82 Å². The summed E-state index contributed by atoms with van der Waals surface area (Å²) in [4.78, 5) is 24.6. The third-order valence-electron chi connectivity index (χ3n) is 4.92. The number of aromatic amines is 1. The minimum absolute atomic E-state index is 0.00643. The van der Waals surface area contributed by atoms with Crippen molar-refractivity contribution in [3.05, 3.63) is 70.9 Å². The molecule has 0 saturated carbocycles. The molecule has 0 unspecified atom stereocenters. The fourth-order valence-corrected chi connectivity index (χ4v) is 3.49. The average Bonchev–Trinajstić information content (AvgIpc) is 3.41. The van der Waals surface area contributed by atoms with Gasteiger partial charge < -0.3 is 20.0 Å². The molecule has 0 aliphatic carbocycles. The van der Waals surface area contributed by atoms with Crippen LogP contribution in [-0.4, -0.2) is 43.0 Å². The highest BCUT2D eigenvalue weighted by molar-refractivity contribution is 6.28. The Bertz CT molecular complexity index is 1320. The Morgan fingerprint density at radius 1 is 1.21 bits per heavy atom. The molecule has 0 aliphatic rings. The normalized spacial score (nSPS) is 11.5. The van der Waals surface area contributed by atoms with E-state index >= 15 is 0 Å². The third-order valence-corrected chi connectivity index (χ3v) is 5.09. The molecule has 0 saturated heterocycles. The first-order valence-corrected chi connectivity index (χ1v) is 11.2. The number of hydrogen-bond acceptors (Lipinski definition) is 8. The van der Waals surface area contributed by atoms with E-state index in [4.69, 9.17) is 16.0 Å². The van der Waals surface area contributed by atoms with Crippen LogP contribution in [0.4, 0.5) is 10.2 Å². The highest BCUT2D eigenvalue weighted by Gasteiger charge is 2.15. The van der Waals surface area contributed by atoms with Crippen LogP contribution in [0.15, 0.2) is 35.4 Å². The fraction of sp³-hybridized carbons (Fsp3) is 0.261. The zero-order chi connectivity index (χ0) is 23.9. The van der Waals surface area contributed by atoms with Gasteiger partial charge in [0.2, 0.25) is 5.28 Å². The molecule has 4 aromatic rings. The van der Waals surface area contributed by atoms with Gasteiger partial charge in [-0.3, -0.25) is 4.98 Å². The monoisotopic (exact) mass is 482 g/mol. The summed E-state index contributed by atoms with van der Waals surface area (Å²) in [5, 5.41) is 6.37. The van der Waals surface area contributed by atoms with Gasteiger partial charge in [-0.2, -0.15) is 9.97 Å². The van der Waals surface area contributed by atoms with E-state index in [1.807, 2.05) is 19.1 Å². The number of nitrogens with zero attached hydrogens (tertiary/aromatic N) is 5. The second-order valence-corrected chi connectivity index (χ2v) is 7.66. The Morgan fingerprint density at radius 3 is 2.85 bits per heavy atom. The van der Waals surface area contributed by atoms with Gasteiger partial charge in [-0.15, -0.1) is 0 Å². The molecule has 0 spiro atoms. The lowest BCUT2D eigenvalue weighted by atomic mass is 10.3. The zero-order valence-electron chi connectivity index (χ0n) is 18.6. The largest absolute Gasteiger partial charge is 0.422 e. The van der Waals surface area contributed by atoms with E-state index in [2.05, 4.69) is 47.1 Å². The number of halogens is 2. The molecule has 3 N–H and O–H groups in total. The van der Waals surface area contributed by atoms with Gasteiger partial charge in [0.05, 0.1) is 23.6 Å². The molecule has 0 bridgehead atoms. The summed E-state index contributed by atoms with van der Waals surface area (Å²) < 4.78 is 19.6. The maximum Gasteiger partial charge on any atom is 0.253 e. The summed E-state index contributed by atoms with van der Waals surface area (Å²) >= 11 is 6.02. The number of anilines is 1. The number of aromatic nitrogens is 6. The van der Waals surface area contributed by atoms with Crippen molar-refractivity contribution >= 4 is 40.8 Å². The van der Waals surface area contributed by atoms with Crippen LogP contribution >= 0.6 is 11.6 Å². The molecule has 0 aromatic carbocycles. The first-order valence-electron chi connectivity index (χ1n) is 10.8. The van der Waals surface area contributed by atoms with Crippen LogP contribution in [0.5, 0.6) is 0 Å². The van der Waals surface area contributed by atoms with Crippen molar-refractivity contribution in [1.82, 2.24) is 35.2 Å². The molecular formula is C23H24ClFN8O. The average molecular weight is 483 g/mol. The number of imidazole rings is 1. The van der Waals surface area contributed by atoms with Gasteiger partial charge in [0.15, 0.2) is 17.2 Å². The Hall–Kier alpha value is -3.63. The summed E-state index contributed by atoms with van der Waals surface area (Å²) in [7, 11) is 0. The van der Waals surface area contributed by atoms with Gasteiger partial charge in [0.25, 0.3) is 5.71 Å². The van der Waals surface area contributed by atoms with E-state index in [0.29, 0.717) is 30.2 Å². The predicted molar refractivity (Wildman–Crippen MR) is 130 cm³/mol. The van der Waals surface area contributed by atoms with Crippen LogP contribution in [0.25, 0.3) is 23.4 Å². The molecule has 0 fully saturated rings. The standard InChI is InChI=1S/C23H24ClFN8O/c1-3-6-16-15(4-2)29-18(30-16)8-11-26-12-9-19-31-20-21(32-23(24)33-22(20)34-19)28-13-17-14(25)7-5-10-27-17/h3-7,10,26H,2,8-9,11-13H2,1H3,(H,29,30)(H,28,32,33)/b6-3-. The molecule has 0 radical (unpaired) electrons. The maximum atomic E-state index is 13.9. The lowest BCUT2D eigenvalue weighted by molar-refractivity contribution is 0.508. The van der Waals surface area contributed by atoms with Gasteiger partial charge >= 0.3 is 0 Å². The number of rotatable bonds is 11. The maximum absolute atomic E-state index is 13.9. The van der Waals surface area contributed by atoms with Crippen molar-refractivity contribution in [1.29, 1.82) is 0 Å². The quantitative estimate of drug-likeness (QED) is 0.215. The molecule has 9 nitrogen and oxygen atoms in total. The highest BCUT2D eigenvalue weighted by Crippen LogP contribution is 2.23. The topological polar surface area (TPSA) is 117 Å². The van der Waals surface area contributed by atoms with Gasteiger partial charge in [0.1, 0.15) is 11.6 Å². The Morgan fingerprint density at radius 2 is 2.06 bits per heavy atom. The third kappa shape index (κ3) is 5.64. The molecular weight excluding hydrogens is 459 g/mol. The van der Waals surface area contributed by atoms with Crippen LogP contribution in [0.3, 0.4) is 0 Å². The summed E-state index contributed by atoms with van der Waals surface area (Å²) in [6.45, 7) is 7.25. The van der Waals surface area contributed by atoms with E-state index in [9.17, 15) is 4.39 Å². The summed E-state index contributed by atoms with van der Waals surface area (Å²) in [5.41, 5.74) is 2.75. The summed E-state index contributed by atoms with van der Waals surface area (Å²) in [6.07, 6.45) is 8.47. The number of H-pyrrole nitrogens is 1. The van der Waals surface area contributed by atoms with Gasteiger partial charge in [-0.25, -0.2) is 14.4 Å². The van der Waals surface area contributed by atoms with Gasteiger partial charge in [0, 0.05) is 32.1 Å². The van der Waals surface area contributed by atoms with E-state index in [-0.39, 0.29) is 23.2 Å². The second-order valence-electron chi connectivity index (χ2n) is 7.32. The lowest BCUT2D eigenvalue weighted by Gasteiger charge is -2.06. The van der Waals surface area contributed by atoms with Crippen molar-refractivity contribution in [3.63, 3.8) is 0 Å². The van der Waals surface area contributed by atoms with Gasteiger partial charge in [-0.1, -0.05) is 12.7 Å². The van der Waals surface area contributed by atoms with Crippen LogP contribution in [0.2, 0.25) is 5.28 Å². The first kappa shape index (κ1) is 23.5. The first-order chi connectivity index (χ1) is 16.6. The Labute approximate surface area is 200 Å². The predicted octanol–water partition coefficient (Wildman–Crippen LogP) is 4.19. The smallest absolute Gasteiger partial charge is 0.253 e. The lowest BCUT2D eigenvalue weighted by Crippen LogP contribution is -2.20. The van der Waals surface area contributed by atoms with Crippen molar-refractivity contribution in [3.8, 4) is 0 Å². The van der Waals surface area contributed by atoms with Crippen LogP contribution in [0, 0.1) is 5.82 Å². The molecule has 0 aliphatic heterocycles. The van der Waals surface area contributed by atoms with E-state index in [0.717, 1.165) is 30.2 Å². The summed E-state index contributed by atoms with van der Waals surface area (Å²) in [5.74, 6) is 1.33. The van der Waals surface area contributed by atoms with E-state index in [1.165, 1.54) is 18.3 Å². The Kier molecular flexibility index (Phi) is 7.61. The van der Waals surface area contributed by atoms with Crippen molar-refractivity contribution in [2.24, 2.45) is 0 Å². The number of hydrogen-bond donors (Lipinski definition) is 3. The minimum atomic E-state index is -0.411. The Balaban J connectivity index is 1.33. The van der Waals surface area contributed by atoms with Crippen LogP contribution in [-0.2, 0) is 19.4 Å². The van der Waals surface area contributed by atoms with E-state index in [1.54, 1.807) is 6.08 Å². The van der Waals surface area contributed by atoms with Crippen LogP contribution < -0.4 is 10.6 Å². The second kappa shape index (κ2) is 11.0. The van der Waals surface area contributed by atoms with Crippen molar-refractivity contribution < 1.29 is 8.81 Å². The molecule has 0 atom stereocenters. The molecule has 0 amide bonds. The van der Waals surface area contributed by atoms with Gasteiger partial charge in [-0.05, 0) is 42.8 Å². The molecule has 34 heavy (non-hydrogen) atoms. The fourth-order valence-electron chi connectivity index (χ4n) is 3.33.